The number of aryl methyl sites for hydroxylation is 1. The van der Waals surface area contributed by atoms with E-state index in [4.69, 9.17) is 0 Å². The Morgan fingerprint density at radius 3 is 2.44 bits per heavy atom. The molecule has 0 saturated carbocycles. The zero-order valence-electron chi connectivity index (χ0n) is 20.7. The molecule has 9 nitrogen and oxygen atoms in total. The number of carbonyl (C=O) groups is 2. The molecule has 2 heterocycles. The highest BCUT2D eigenvalue weighted by Gasteiger charge is 2.30. The standard InChI is InChI=1S/C26H35N5O4S/c1-3-25(32)27-15-8-7-13-23(29-36(34,35)20-22-11-5-4-6-12-22)26(33)31-18-16-30(17-19-31)24-14-9-10-21(2)28-24/h3-6,9-12,14,23,29H,1,7-8,13,15-20H2,2H3,(H,27,32). The van der Waals surface area contributed by atoms with Gasteiger partial charge in [0.05, 0.1) is 5.75 Å². The van der Waals surface area contributed by atoms with E-state index >= 15 is 0 Å². The third-order valence-electron chi connectivity index (χ3n) is 6.01. The second-order valence-electron chi connectivity index (χ2n) is 8.86. The number of anilines is 1. The average Bonchev–Trinajstić information content (AvgIpc) is 2.87. The molecule has 3 rings (SSSR count). The van der Waals surface area contributed by atoms with Gasteiger partial charge >= 0.3 is 0 Å². The fraction of sp³-hybridized carbons (Fsp3) is 0.423. The van der Waals surface area contributed by atoms with Crippen molar-refractivity contribution in [2.45, 2.75) is 38.0 Å². The number of amides is 2. The molecule has 1 unspecified atom stereocenters. The third kappa shape index (κ3) is 8.46. The Kier molecular flexibility index (Phi) is 10.0. The molecule has 194 valence electrons. The van der Waals surface area contributed by atoms with Gasteiger partial charge < -0.3 is 15.1 Å². The zero-order chi connectivity index (χ0) is 26.0. The Hall–Kier alpha value is -3.24. The molecule has 2 amide bonds. The molecule has 0 aliphatic carbocycles. The quantitative estimate of drug-likeness (QED) is 0.332. The van der Waals surface area contributed by atoms with Gasteiger partial charge in [-0.05, 0) is 50.0 Å². The minimum atomic E-state index is -3.74. The topological polar surface area (TPSA) is 112 Å². The minimum Gasteiger partial charge on any atom is -0.353 e. The largest absolute Gasteiger partial charge is 0.353 e. The summed E-state index contributed by atoms with van der Waals surface area (Å²) < 4.78 is 28.5. The number of nitrogens with one attached hydrogen (secondary N) is 2. The Bertz CT molecular complexity index is 1130. The number of benzene rings is 1. The first kappa shape index (κ1) is 27.3. The molecule has 0 bridgehead atoms. The van der Waals surface area contributed by atoms with Crippen molar-refractivity contribution in [1.82, 2.24) is 19.9 Å². The van der Waals surface area contributed by atoms with Crippen molar-refractivity contribution in [2.24, 2.45) is 0 Å². The number of rotatable bonds is 12. The summed E-state index contributed by atoms with van der Waals surface area (Å²) in [5, 5.41) is 2.70. The number of hydrogen-bond acceptors (Lipinski definition) is 6. The summed E-state index contributed by atoms with van der Waals surface area (Å²) in [7, 11) is -3.74. The highest BCUT2D eigenvalue weighted by Crippen LogP contribution is 2.16. The number of hydrogen-bond donors (Lipinski definition) is 2. The first-order valence-electron chi connectivity index (χ1n) is 12.2. The minimum absolute atomic E-state index is 0.195. The SMILES string of the molecule is C=CC(=O)NCCCCC(NS(=O)(=O)Cc1ccccc1)C(=O)N1CCN(c2cccc(C)n2)CC1. The van der Waals surface area contributed by atoms with Crippen LogP contribution in [0.5, 0.6) is 0 Å². The van der Waals surface area contributed by atoms with Crippen LogP contribution < -0.4 is 14.9 Å². The van der Waals surface area contributed by atoms with E-state index in [9.17, 15) is 18.0 Å². The Balaban J connectivity index is 1.62. The molecule has 1 saturated heterocycles. The van der Waals surface area contributed by atoms with Crippen LogP contribution in [0.4, 0.5) is 5.82 Å². The maximum atomic E-state index is 13.4. The molecular formula is C26H35N5O4S. The summed E-state index contributed by atoms with van der Waals surface area (Å²) in [6.45, 7) is 8.02. The second-order valence-corrected chi connectivity index (χ2v) is 10.6. The van der Waals surface area contributed by atoms with Crippen LogP contribution in [0, 0.1) is 6.92 Å². The molecule has 1 aromatic heterocycles. The van der Waals surface area contributed by atoms with Crippen molar-refractivity contribution in [3.8, 4) is 0 Å². The first-order valence-corrected chi connectivity index (χ1v) is 13.8. The highest BCUT2D eigenvalue weighted by atomic mass is 32.2. The molecule has 1 aromatic carbocycles. The molecule has 2 N–H and O–H groups in total. The highest BCUT2D eigenvalue weighted by molar-refractivity contribution is 7.88. The van der Waals surface area contributed by atoms with Crippen molar-refractivity contribution < 1.29 is 18.0 Å². The van der Waals surface area contributed by atoms with Gasteiger partial charge in [0.2, 0.25) is 21.8 Å². The fourth-order valence-electron chi connectivity index (χ4n) is 4.12. The van der Waals surface area contributed by atoms with E-state index < -0.39 is 16.1 Å². The van der Waals surface area contributed by atoms with E-state index in [-0.39, 0.29) is 17.6 Å². The summed E-state index contributed by atoms with van der Waals surface area (Å²) in [5.74, 6) is 0.203. The van der Waals surface area contributed by atoms with Crippen LogP contribution in [0.15, 0.2) is 61.2 Å². The van der Waals surface area contributed by atoms with Crippen molar-refractivity contribution in [2.75, 3.05) is 37.6 Å². The molecule has 1 atom stereocenters. The number of nitrogens with zero attached hydrogens (tertiary/aromatic N) is 3. The Morgan fingerprint density at radius 2 is 1.78 bits per heavy atom. The lowest BCUT2D eigenvalue weighted by atomic mass is 10.1. The second kappa shape index (κ2) is 13.2. The van der Waals surface area contributed by atoms with Crippen LogP contribution in [-0.2, 0) is 25.4 Å². The molecule has 36 heavy (non-hydrogen) atoms. The lowest BCUT2D eigenvalue weighted by Gasteiger charge is -2.37. The van der Waals surface area contributed by atoms with E-state index in [1.54, 1.807) is 29.2 Å². The van der Waals surface area contributed by atoms with Crippen molar-refractivity contribution >= 4 is 27.7 Å². The fourth-order valence-corrected chi connectivity index (χ4v) is 5.49. The smallest absolute Gasteiger partial charge is 0.243 e. The summed E-state index contributed by atoms with van der Waals surface area (Å²) in [5.41, 5.74) is 1.59. The molecule has 0 spiro atoms. The van der Waals surface area contributed by atoms with E-state index in [2.05, 4.69) is 26.5 Å². The van der Waals surface area contributed by atoms with Gasteiger partial charge in [0, 0.05) is 38.4 Å². The van der Waals surface area contributed by atoms with Gasteiger partial charge in [-0.25, -0.2) is 18.1 Å². The zero-order valence-corrected chi connectivity index (χ0v) is 21.5. The Morgan fingerprint density at radius 1 is 1.06 bits per heavy atom. The van der Waals surface area contributed by atoms with Gasteiger partial charge in [-0.1, -0.05) is 43.0 Å². The van der Waals surface area contributed by atoms with E-state index in [0.29, 0.717) is 57.5 Å². The van der Waals surface area contributed by atoms with Crippen molar-refractivity contribution in [3.63, 3.8) is 0 Å². The van der Waals surface area contributed by atoms with Gasteiger partial charge in [-0.15, -0.1) is 0 Å². The van der Waals surface area contributed by atoms with Gasteiger partial charge in [-0.2, -0.15) is 0 Å². The van der Waals surface area contributed by atoms with Crippen LogP contribution in [0.3, 0.4) is 0 Å². The third-order valence-corrected chi connectivity index (χ3v) is 7.37. The van der Waals surface area contributed by atoms with Crippen LogP contribution >= 0.6 is 0 Å². The number of aromatic nitrogens is 1. The summed E-state index contributed by atoms with van der Waals surface area (Å²) in [6, 6.07) is 13.9. The maximum Gasteiger partial charge on any atom is 0.243 e. The molecule has 1 fully saturated rings. The summed E-state index contributed by atoms with van der Waals surface area (Å²) in [6.07, 6.45) is 2.75. The van der Waals surface area contributed by atoms with Crippen LogP contribution in [0.2, 0.25) is 0 Å². The number of piperazine rings is 1. The monoisotopic (exact) mass is 513 g/mol. The molecule has 1 aliphatic heterocycles. The molecule has 2 aromatic rings. The Labute approximate surface area is 213 Å². The van der Waals surface area contributed by atoms with Crippen molar-refractivity contribution in [1.29, 1.82) is 0 Å². The summed E-state index contributed by atoms with van der Waals surface area (Å²) in [4.78, 5) is 33.2. The summed E-state index contributed by atoms with van der Waals surface area (Å²) >= 11 is 0. The van der Waals surface area contributed by atoms with Crippen LogP contribution in [-0.4, -0.2) is 68.9 Å². The predicted octanol–water partition coefficient (Wildman–Crippen LogP) is 2.00. The van der Waals surface area contributed by atoms with Crippen molar-refractivity contribution in [3.05, 3.63) is 72.4 Å². The van der Waals surface area contributed by atoms with Crippen LogP contribution in [0.1, 0.15) is 30.5 Å². The number of pyridine rings is 1. The number of sulfonamides is 1. The average molecular weight is 514 g/mol. The van der Waals surface area contributed by atoms with E-state index in [1.807, 2.05) is 31.2 Å². The molecule has 1 aliphatic rings. The molecule has 10 heteroatoms. The van der Waals surface area contributed by atoms with E-state index in [0.717, 1.165) is 11.5 Å². The maximum absolute atomic E-state index is 13.4. The van der Waals surface area contributed by atoms with Gasteiger partial charge in [-0.3, -0.25) is 9.59 Å². The van der Waals surface area contributed by atoms with E-state index in [1.165, 1.54) is 6.08 Å². The number of carbonyl (C=O) groups excluding carboxylic acids is 2. The lowest BCUT2D eigenvalue weighted by Crippen LogP contribution is -2.55. The lowest BCUT2D eigenvalue weighted by molar-refractivity contribution is -0.133. The predicted molar refractivity (Wildman–Crippen MR) is 141 cm³/mol. The van der Waals surface area contributed by atoms with Crippen LogP contribution in [0.25, 0.3) is 0 Å². The molecule has 0 radical (unpaired) electrons. The van der Waals surface area contributed by atoms with Gasteiger partial charge in [0.15, 0.2) is 0 Å². The normalized spacial score (nSPS) is 14.8. The number of unbranched alkanes of at least 4 members (excludes halogenated alkanes) is 1. The van der Waals surface area contributed by atoms with Gasteiger partial charge in [0.1, 0.15) is 11.9 Å². The first-order chi connectivity index (χ1) is 17.3. The van der Waals surface area contributed by atoms with Gasteiger partial charge in [0.25, 0.3) is 0 Å². The molecular weight excluding hydrogens is 478 g/mol.